The summed E-state index contributed by atoms with van der Waals surface area (Å²) >= 11 is 2.80. The van der Waals surface area contributed by atoms with Crippen LogP contribution in [0.5, 0.6) is 5.75 Å². The number of thioether (sulfide) groups is 1. The minimum atomic E-state index is -0.530. The fraction of sp³-hybridized carbons (Fsp3) is 0.317. The maximum Gasteiger partial charge on any atom is 0.341 e. The summed E-state index contributed by atoms with van der Waals surface area (Å²) < 4.78 is 10.7. The number of nitrogens with one attached hydrogen (secondary N) is 3. The van der Waals surface area contributed by atoms with Crippen molar-refractivity contribution in [2.24, 2.45) is 11.3 Å². The molecule has 272 valence electrons. The maximum atomic E-state index is 13.6. The molecule has 11 heteroatoms. The predicted molar refractivity (Wildman–Crippen MR) is 209 cm³/mol. The van der Waals surface area contributed by atoms with E-state index in [1.807, 2.05) is 12.1 Å². The number of anilines is 2. The number of ether oxygens (including phenoxy) is 2. The zero-order chi connectivity index (χ0) is 37.4. The highest BCUT2D eigenvalue weighted by molar-refractivity contribution is 8.00. The lowest BCUT2D eigenvalue weighted by Gasteiger charge is -2.33. The normalized spacial score (nSPS) is 14.8. The standard InChI is InChI=1S/C41H45N3O6S2/c1-7-50-40(48)35-32-21-18-28(41(3,4)5)23-34(32)52-39(35)44-36(45)25(2)51-31-15-11-14-29(24-31)42-38(47)33(22-26-16-19-30(49-6)20-17-26)43-37(46)27-12-9-8-10-13-27/h8-17,19-20,22,24-25,28H,7,18,21,23H2,1-6H3,(H,42,47)(H,43,46)(H,44,45)/b33-22+. The molecule has 0 saturated heterocycles. The van der Waals surface area contributed by atoms with Crippen molar-refractivity contribution in [3.8, 4) is 5.75 Å². The molecule has 1 aromatic heterocycles. The fourth-order valence-electron chi connectivity index (χ4n) is 5.96. The molecule has 4 aromatic rings. The van der Waals surface area contributed by atoms with Crippen molar-refractivity contribution < 1.29 is 28.7 Å². The predicted octanol–water partition coefficient (Wildman–Crippen LogP) is 8.61. The van der Waals surface area contributed by atoms with Gasteiger partial charge in [-0.2, -0.15) is 0 Å². The first kappa shape index (κ1) is 38.4. The summed E-state index contributed by atoms with van der Waals surface area (Å²) in [5.74, 6) is -0.454. The number of benzene rings is 3. The SMILES string of the molecule is CCOC(=O)c1c(NC(=O)C(C)Sc2cccc(NC(=O)/C(=C\c3ccc(OC)cc3)NC(=O)c3ccccc3)c2)sc2c1CCC(C(C)(C)C)C2. The summed E-state index contributed by atoms with van der Waals surface area (Å²) in [6, 6.07) is 22.9. The molecule has 9 nitrogen and oxygen atoms in total. The van der Waals surface area contributed by atoms with Crippen LogP contribution < -0.4 is 20.7 Å². The van der Waals surface area contributed by atoms with E-state index in [9.17, 15) is 19.2 Å². The molecule has 1 heterocycles. The van der Waals surface area contributed by atoms with E-state index in [0.717, 1.165) is 34.6 Å². The Morgan fingerprint density at radius 3 is 2.38 bits per heavy atom. The maximum absolute atomic E-state index is 13.6. The van der Waals surface area contributed by atoms with Crippen LogP contribution in [0.25, 0.3) is 6.08 Å². The van der Waals surface area contributed by atoms with Crippen molar-refractivity contribution in [3.05, 3.63) is 112 Å². The zero-order valence-corrected chi connectivity index (χ0v) is 32.0. The smallest absolute Gasteiger partial charge is 0.341 e. The number of rotatable bonds is 12. The first-order chi connectivity index (χ1) is 24.9. The number of hydrogen-bond acceptors (Lipinski definition) is 8. The minimum Gasteiger partial charge on any atom is -0.497 e. The Kier molecular flexibility index (Phi) is 12.6. The number of methoxy groups -OCH3 is 1. The molecule has 52 heavy (non-hydrogen) atoms. The Hall–Kier alpha value is -4.87. The van der Waals surface area contributed by atoms with Gasteiger partial charge in [0.15, 0.2) is 0 Å². The van der Waals surface area contributed by atoms with Crippen LogP contribution >= 0.6 is 23.1 Å². The van der Waals surface area contributed by atoms with E-state index in [0.29, 0.717) is 39.0 Å². The number of amides is 3. The van der Waals surface area contributed by atoms with Gasteiger partial charge in [-0.05, 0) is 104 Å². The molecule has 0 aliphatic heterocycles. The van der Waals surface area contributed by atoms with Crippen LogP contribution in [0.4, 0.5) is 10.7 Å². The molecule has 0 fully saturated rings. The number of esters is 1. The van der Waals surface area contributed by atoms with Crippen LogP contribution in [-0.4, -0.2) is 42.7 Å². The van der Waals surface area contributed by atoms with Gasteiger partial charge in [0.2, 0.25) is 5.91 Å². The molecule has 2 atom stereocenters. The Bertz CT molecular complexity index is 1950. The Morgan fingerprint density at radius 2 is 1.71 bits per heavy atom. The van der Waals surface area contributed by atoms with E-state index in [-0.39, 0.29) is 23.6 Å². The minimum absolute atomic E-state index is 0.0506. The number of carbonyl (C=O) groups excluding carboxylic acids is 4. The Labute approximate surface area is 313 Å². The number of hydrogen-bond donors (Lipinski definition) is 3. The molecule has 2 unspecified atom stereocenters. The second-order valence-corrected chi connectivity index (χ2v) is 16.1. The van der Waals surface area contributed by atoms with E-state index in [1.54, 1.807) is 93.8 Å². The van der Waals surface area contributed by atoms with Gasteiger partial charge in [0.25, 0.3) is 11.8 Å². The van der Waals surface area contributed by atoms with Crippen LogP contribution in [0.2, 0.25) is 0 Å². The van der Waals surface area contributed by atoms with Gasteiger partial charge in [0.1, 0.15) is 16.4 Å². The summed E-state index contributed by atoms with van der Waals surface area (Å²) in [5.41, 5.74) is 3.24. The van der Waals surface area contributed by atoms with Crippen molar-refractivity contribution in [3.63, 3.8) is 0 Å². The van der Waals surface area contributed by atoms with E-state index < -0.39 is 23.0 Å². The quantitative estimate of drug-likeness (QED) is 0.0756. The van der Waals surface area contributed by atoms with Crippen molar-refractivity contribution in [1.29, 1.82) is 0 Å². The van der Waals surface area contributed by atoms with Crippen LogP contribution in [0.15, 0.2) is 89.5 Å². The third-order valence-corrected chi connectivity index (χ3v) is 11.2. The summed E-state index contributed by atoms with van der Waals surface area (Å²) in [5, 5.41) is 8.68. The first-order valence-corrected chi connectivity index (χ1v) is 19.0. The van der Waals surface area contributed by atoms with Gasteiger partial charge in [-0.15, -0.1) is 23.1 Å². The molecule has 1 aliphatic carbocycles. The molecule has 3 amide bonds. The average Bonchev–Trinajstić information content (AvgIpc) is 3.49. The molecule has 1 aliphatic rings. The lowest BCUT2D eigenvalue weighted by atomic mass is 9.72. The van der Waals surface area contributed by atoms with Crippen molar-refractivity contribution >= 4 is 63.6 Å². The third-order valence-electron chi connectivity index (χ3n) is 8.94. The van der Waals surface area contributed by atoms with Crippen molar-refractivity contribution in [1.82, 2.24) is 5.32 Å². The summed E-state index contributed by atoms with van der Waals surface area (Å²) in [6.45, 7) is 10.6. The van der Waals surface area contributed by atoms with Gasteiger partial charge in [0, 0.05) is 21.0 Å². The van der Waals surface area contributed by atoms with Gasteiger partial charge in [-0.25, -0.2) is 4.79 Å². The highest BCUT2D eigenvalue weighted by Crippen LogP contribution is 2.44. The number of thiophene rings is 1. The molecule has 3 aromatic carbocycles. The van der Waals surface area contributed by atoms with E-state index in [1.165, 1.54) is 23.1 Å². The second kappa shape index (κ2) is 17.1. The van der Waals surface area contributed by atoms with Gasteiger partial charge >= 0.3 is 5.97 Å². The largest absolute Gasteiger partial charge is 0.497 e. The Balaban J connectivity index is 1.30. The van der Waals surface area contributed by atoms with E-state index in [4.69, 9.17) is 9.47 Å². The van der Waals surface area contributed by atoms with Crippen LogP contribution in [0.3, 0.4) is 0 Å². The summed E-state index contributed by atoms with van der Waals surface area (Å²) in [6.07, 6.45) is 4.20. The highest BCUT2D eigenvalue weighted by atomic mass is 32.2. The second-order valence-electron chi connectivity index (χ2n) is 13.6. The molecular formula is C41H45N3O6S2. The monoisotopic (exact) mass is 739 g/mol. The van der Waals surface area contributed by atoms with Crippen LogP contribution in [0.1, 0.15) is 77.8 Å². The van der Waals surface area contributed by atoms with Crippen LogP contribution in [-0.2, 0) is 27.2 Å². The average molecular weight is 740 g/mol. The summed E-state index contributed by atoms with van der Waals surface area (Å²) in [7, 11) is 1.57. The molecular weight excluding hydrogens is 695 g/mol. The number of carbonyl (C=O) groups is 4. The molecule has 3 N–H and O–H groups in total. The molecule has 0 spiro atoms. The summed E-state index contributed by atoms with van der Waals surface area (Å²) in [4.78, 5) is 55.2. The van der Waals surface area contributed by atoms with Crippen LogP contribution in [0, 0.1) is 11.3 Å². The van der Waals surface area contributed by atoms with Gasteiger partial charge in [-0.1, -0.05) is 57.2 Å². The highest BCUT2D eigenvalue weighted by Gasteiger charge is 2.35. The van der Waals surface area contributed by atoms with E-state index >= 15 is 0 Å². The van der Waals surface area contributed by atoms with Gasteiger partial charge in [-0.3, -0.25) is 14.4 Å². The third kappa shape index (κ3) is 9.71. The number of fused-ring (bicyclic) bond motifs is 1. The Morgan fingerprint density at radius 1 is 0.981 bits per heavy atom. The van der Waals surface area contributed by atoms with Gasteiger partial charge < -0.3 is 25.4 Å². The topological polar surface area (TPSA) is 123 Å². The van der Waals surface area contributed by atoms with Crippen molar-refractivity contribution in [2.45, 2.75) is 64.0 Å². The molecule has 5 rings (SSSR count). The lowest BCUT2D eigenvalue weighted by molar-refractivity contribution is -0.115. The zero-order valence-electron chi connectivity index (χ0n) is 30.3. The lowest BCUT2D eigenvalue weighted by Crippen LogP contribution is -2.30. The van der Waals surface area contributed by atoms with E-state index in [2.05, 4.69) is 36.7 Å². The molecule has 0 bridgehead atoms. The van der Waals surface area contributed by atoms with Gasteiger partial charge in [0.05, 0.1) is 24.5 Å². The molecule has 0 radical (unpaired) electrons. The first-order valence-electron chi connectivity index (χ1n) is 17.3. The molecule has 0 saturated carbocycles. The van der Waals surface area contributed by atoms with Crippen molar-refractivity contribution in [2.75, 3.05) is 24.4 Å². The fourth-order valence-corrected chi connectivity index (χ4v) is 8.20.